The van der Waals surface area contributed by atoms with E-state index in [2.05, 4.69) is 79.0 Å². The molecule has 4 bridgehead atoms. The number of piperidine rings is 2. The van der Waals surface area contributed by atoms with Crippen LogP contribution in [-0.2, 0) is 51.2 Å². The van der Waals surface area contributed by atoms with Crippen LogP contribution in [0.1, 0.15) is 85.8 Å². The predicted molar refractivity (Wildman–Crippen MR) is 212 cm³/mol. The molecule has 318 valence electrons. The van der Waals surface area contributed by atoms with Gasteiger partial charge in [-0.15, -0.1) is 12.4 Å². The van der Waals surface area contributed by atoms with Crippen molar-refractivity contribution in [2.75, 3.05) is 40.4 Å². The van der Waals surface area contributed by atoms with E-state index >= 15 is 0 Å². The van der Waals surface area contributed by atoms with Gasteiger partial charge in [0.1, 0.15) is 23.7 Å². The minimum atomic E-state index is -4.64. The summed E-state index contributed by atoms with van der Waals surface area (Å²) in [4.78, 5) is 13.8. The van der Waals surface area contributed by atoms with E-state index < -0.39 is 12.5 Å². The molecule has 10 rings (SSSR count). The maximum Gasteiger partial charge on any atom is 0.446 e. The van der Waals surface area contributed by atoms with E-state index in [9.17, 15) is 23.4 Å². The number of aliphatic hydroxyl groups is 2. The zero-order chi connectivity index (χ0) is 40.2. The number of benzene rings is 2. The Labute approximate surface area is 345 Å². The number of carbonyl (C=O) groups is 1. The molecule has 4 aliphatic carbocycles. The monoisotopic (exact) mass is 843 g/mol. The summed E-state index contributed by atoms with van der Waals surface area (Å²) in [6, 6.07) is 9.84. The Hall–Kier alpha value is -2.20. The van der Waals surface area contributed by atoms with Crippen LogP contribution in [0.25, 0.3) is 0 Å². The van der Waals surface area contributed by atoms with Crippen molar-refractivity contribution in [2.24, 2.45) is 17.1 Å². The van der Waals surface area contributed by atoms with Gasteiger partial charge in [0.2, 0.25) is 6.29 Å². The largest absolute Gasteiger partial charge is 0.486 e. The summed E-state index contributed by atoms with van der Waals surface area (Å²) in [5.41, 5.74) is 7.83. The van der Waals surface area contributed by atoms with Crippen molar-refractivity contribution in [1.82, 2.24) is 9.80 Å². The van der Waals surface area contributed by atoms with Gasteiger partial charge in [-0.05, 0) is 127 Å². The Morgan fingerprint density at radius 3 is 1.51 bits per heavy atom. The smallest absolute Gasteiger partial charge is 0.446 e. The summed E-state index contributed by atoms with van der Waals surface area (Å²) >= 11 is 4.14. The molecule has 10 nitrogen and oxygen atoms in total. The molecular formula is C42H58Cl2F3N3O7. The van der Waals surface area contributed by atoms with Crippen molar-refractivity contribution in [3.63, 3.8) is 0 Å². The molecule has 4 N–H and O–H groups in total. The topological polar surface area (TPSA) is 127 Å². The number of aldehydes is 1. The maximum absolute atomic E-state index is 10.4. The normalized spacial score (nSPS) is 34.5. The first kappa shape index (κ1) is 44.4. The van der Waals surface area contributed by atoms with Crippen LogP contribution in [0.4, 0.5) is 13.2 Å². The first-order valence-corrected chi connectivity index (χ1v) is 20.6. The Morgan fingerprint density at radius 2 is 1.18 bits per heavy atom. The molecule has 15 heteroatoms. The average Bonchev–Trinajstić information content (AvgIpc) is 3.74. The van der Waals surface area contributed by atoms with E-state index in [1.807, 2.05) is 0 Å². The molecular weight excluding hydrogens is 786 g/mol. The lowest BCUT2D eigenvalue weighted by Crippen LogP contribution is -2.66. The molecule has 4 heterocycles. The highest BCUT2D eigenvalue weighted by Crippen LogP contribution is 2.64. The molecule has 0 radical (unpaired) electrons. The van der Waals surface area contributed by atoms with Crippen molar-refractivity contribution in [2.45, 2.75) is 132 Å². The number of aliphatic hydroxyl groups excluding tert-OH is 2. The molecule has 2 aromatic carbocycles. The van der Waals surface area contributed by atoms with Crippen molar-refractivity contribution in [3.05, 3.63) is 57.6 Å². The molecule has 0 amide bonds. The van der Waals surface area contributed by atoms with E-state index in [0.717, 1.165) is 87.5 Å². The fourth-order valence-corrected chi connectivity index (χ4v) is 12.5. The number of hydrogen-bond acceptors (Lipinski definition) is 10. The van der Waals surface area contributed by atoms with Gasteiger partial charge >= 0.3 is 6.18 Å². The molecule has 57 heavy (non-hydrogen) atoms. The van der Waals surface area contributed by atoms with Crippen LogP contribution >= 0.6 is 24.2 Å². The SMILES string of the molecule is CCO[C@H]1CCC2C3Cc4ccc(CO)c5c4[C@@]2(CCN3C)C1O5.CCO[C@H]1CCC2C3Cc4ccc(CO)c5c4[C@@]2(CCN3C)C1O5.Cl.NCl.O=CC(F)(F)F. The Balaban J connectivity index is 0.000000161. The van der Waals surface area contributed by atoms with Gasteiger partial charge in [-0.2, -0.15) is 13.2 Å². The van der Waals surface area contributed by atoms with Crippen LogP contribution in [0.3, 0.4) is 0 Å². The van der Waals surface area contributed by atoms with Crippen LogP contribution in [0.2, 0.25) is 0 Å². The van der Waals surface area contributed by atoms with Gasteiger partial charge in [-0.1, -0.05) is 24.3 Å². The zero-order valence-electron chi connectivity index (χ0n) is 33.2. The minimum Gasteiger partial charge on any atom is -0.486 e. The van der Waals surface area contributed by atoms with Gasteiger partial charge in [0.05, 0.1) is 25.4 Å². The lowest BCUT2D eigenvalue weighted by Gasteiger charge is -2.58. The van der Waals surface area contributed by atoms with Gasteiger partial charge in [0, 0.05) is 58.4 Å². The highest BCUT2D eigenvalue weighted by atomic mass is 35.5. The number of hydrogen-bond donors (Lipinski definition) is 3. The lowest BCUT2D eigenvalue weighted by molar-refractivity contribution is -0.156. The van der Waals surface area contributed by atoms with E-state index in [-0.39, 0.29) is 60.9 Å². The average molecular weight is 845 g/mol. The quantitative estimate of drug-likeness (QED) is 0.244. The molecule has 4 aliphatic heterocycles. The van der Waals surface area contributed by atoms with Gasteiger partial charge in [0.15, 0.2) is 0 Å². The van der Waals surface area contributed by atoms with Gasteiger partial charge in [0.25, 0.3) is 0 Å². The third kappa shape index (κ3) is 7.08. The summed E-state index contributed by atoms with van der Waals surface area (Å²) in [7, 11) is 4.57. The fourth-order valence-electron chi connectivity index (χ4n) is 12.5. The molecule has 2 spiro atoms. The molecule has 4 fully saturated rings. The van der Waals surface area contributed by atoms with Crippen LogP contribution in [0.5, 0.6) is 11.5 Å². The highest BCUT2D eigenvalue weighted by Gasteiger charge is 2.67. The van der Waals surface area contributed by atoms with Crippen LogP contribution in [-0.4, -0.2) is 109 Å². The molecule has 2 saturated carbocycles. The molecule has 2 aromatic rings. The maximum atomic E-state index is 10.4. The van der Waals surface area contributed by atoms with Crippen molar-refractivity contribution < 1.29 is 47.1 Å². The second-order valence-electron chi connectivity index (χ2n) is 16.7. The van der Waals surface area contributed by atoms with E-state index in [0.29, 0.717) is 23.9 Å². The summed E-state index contributed by atoms with van der Waals surface area (Å²) in [6.45, 7) is 8.00. The van der Waals surface area contributed by atoms with Gasteiger partial charge < -0.3 is 39.0 Å². The highest BCUT2D eigenvalue weighted by molar-refractivity contribution is 6.11. The third-order valence-electron chi connectivity index (χ3n) is 14.5. The third-order valence-corrected chi connectivity index (χ3v) is 14.5. The number of ether oxygens (including phenoxy) is 4. The number of carbonyl (C=O) groups excluding carboxylic acids is 1. The Kier molecular flexibility index (Phi) is 13.6. The second-order valence-corrected chi connectivity index (χ2v) is 16.7. The summed E-state index contributed by atoms with van der Waals surface area (Å²) in [5.74, 6) is 3.28. The molecule has 2 saturated heterocycles. The predicted octanol–water partition coefficient (Wildman–Crippen LogP) is 5.77. The minimum absolute atomic E-state index is 0. The van der Waals surface area contributed by atoms with E-state index in [1.54, 1.807) is 0 Å². The van der Waals surface area contributed by atoms with Crippen molar-refractivity contribution in [3.8, 4) is 11.5 Å². The van der Waals surface area contributed by atoms with Gasteiger partial charge in [-0.25, -0.2) is 5.25 Å². The van der Waals surface area contributed by atoms with Crippen LogP contribution < -0.4 is 14.7 Å². The molecule has 8 aliphatic rings. The number of nitrogens with two attached hydrogens (primary N) is 1. The number of halogens is 5. The van der Waals surface area contributed by atoms with Crippen LogP contribution in [0.15, 0.2) is 24.3 Å². The molecule has 10 atom stereocenters. The molecule has 6 unspecified atom stereocenters. The number of likely N-dealkylation sites (N-methyl/N-ethyl adjacent to an activating group) is 2. The Morgan fingerprint density at radius 1 is 0.789 bits per heavy atom. The number of likely N-dealkylation sites (tertiary alicyclic amines) is 2. The standard InChI is InChI=1S/2C20H27NO3.C2HF3O.ClH2N.ClH/c2*1-3-23-16-7-6-14-15-10-12-4-5-13(11-22)18-17(12)20(14,19(16)24-18)8-9-21(15)2;3-2(4,5)1-6;1-2;/h2*4-5,14-16,19,22H,3,6-11H2,1-2H3;1H;2H2;1H/t2*14?,15?,16-,19?,20-;;;/m00.../s1. The first-order chi connectivity index (χ1) is 27.0. The number of rotatable bonds is 6. The number of nitrogens with zero attached hydrogens (tertiary/aromatic N) is 2. The van der Waals surface area contributed by atoms with Crippen molar-refractivity contribution >= 4 is 30.5 Å². The van der Waals surface area contributed by atoms with E-state index in [1.165, 1.54) is 35.1 Å². The summed E-state index contributed by atoms with van der Waals surface area (Å²) < 4.78 is 56.7. The second kappa shape index (κ2) is 17.4. The van der Waals surface area contributed by atoms with Crippen LogP contribution in [0, 0.1) is 11.8 Å². The van der Waals surface area contributed by atoms with Crippen molar-refractivity contribution in [1.29, 1.82) is 0 Å². The molecule has 0 aromatic heterocycles. The first-order valence-electron chi connectivity index (χ1n) is 20.2. The fraction of sp³-hybridized carbons (Fsp3) is 0.690. The Bertz CT molecular complexity index is 1640. The summed E-state index contributed by atoms with van der Waals surface area (Å²) in [6.07, 6.45) is 4.06. The zero-order valence-corrected chi connectivity index (χ0v) is 34.8. The van der Waals surface area contributed by atoms with Gasteiger partial charge in [-0.3, -0.25) is 4.79 Å². The summed E-state index contributed by atoms with van der Waals surface area (Å²) in [5, 5.41) is 23.6. The van der Waals surface area contributed by atoms with E-state index in [4.69, 9.17) is 23.7 Å². The number of alkyl halides is 3. The lowest BCUT2D eigenvalue weighted by atomic mass is 9.51.